The van der Waals surface area contributed by atoms with Crippen LogP contribution in [0.25, 0.3) is 0 Å². The van der Waals surface area contributed by atoms with Gasteiger partial charge in [0.1, 0.15) is 10.6 Å². The van der Waals surface area contributed by atoms with Gasteiger partial charge in [-0.15, -0.1) is 0 Å². The number of aromatic nitrogens is 1. The van der Waals surface area contributed by atoms with E-state index in [-0.39, 0.29) is 16.5 Å². The van der Waals surface area contributed by atoms with Crippen molar-refractivity contribution in [1.29, 1.82) is 0 Å². The van der Waals surface area contributed by atoms with Gasteiger partial charge in [-0.2, -0.15) is 0 Å². The summed E-state index contributed by atoms with van der Waals surface area (Å²) in [6.07, 6.45) is 1.38. The van der Waals surface area contributed by atoms with Crippen LogP contribution in [0.5, 0.6) is 0 Å². The van der Waals surface area contributed by atoms with Crippen molar-refractivity contribution in [3.63, 3.8) is 0 Å². The van der Waals surface area contributed by atoms with Crippen molar-refractivity contribution in [2.75, 3.05) is 17.8 Å². The molecule has 2 aromatic rings. The van der Waals surface area contributed by atoms with E-state index in [1.54, 1.807) is 9.47 Å². The highest BCUT2D eigenvalue weighted by Crippen LogP contribution is 2.23. The average molecular weight is 383 g/mol. The molecule has 3 rings (SSSR count). The van der Waals surface area contributed by atoms with E-state index in [9.17, 15) is 22.0 Å². The molecule has 0 fully saturated rings. The maximum atomic E-state index is 13.3. The number of hydrogen-bond donors (Lipinski definition) is 1. The molecule has 0 radical (unpaired) electrons. The van der Waals surface area contributed by atoms with Gasteiger partial charge in [-0.05, 0) is 24.1 Å². The van der Waals surface area contributed by atoms with Gasteiger partial charge in [0.05, 0.1) is 5.69 Å². The lowest BCUT2D eigenvalue weighted by atomic mass is 10.2. The highest BCUT2D eigenvalue weighted by molar-refractivity contribution is 7.92. The van der Waals surface area contributed by atoms with Crippen LogP contribution in [0, 0.1) is 17.6 Å². The van der Waals surface area contributed by atoms with Crippen LogP contribution in [-0.2, 0) is 16.6 Å². The molecule has 2 heterocycles. The van der Waals surface area contributed by atoms with Crippen LogP contribution in [0.2, 0.25) is 0 Å². The summed E-state index contributed by atoms with van der Waals surface area (Å²) < 4.78 is 55.1. The van der Waals surface area contributed by atoms with Crippen LogP contribution in [0.1, 0.15) is 24.3 Å². The molecular formula is C17H19F2N3O3S. The fourth-order valence-corrected chi connectivity index (χ4v) is 3.96. The van der Waals surface area contributed by atoms with E-state index in [0.29, 0.717) is 31.2 Å². The smallest absolute Gasteiger partial charge is 0.270 e. The number of nitrogens with zero attached hydrogens (tertiary/aromatic N) is 2. The molecule has 0 atom stereocenters. The molecule has 1 aromatic heterocycles. The van der Waals surface area contributed by atoms with Crippen LogP contribution < -0.4 is 4.72 Å². The third-order valence-corrected chi connectivity index (χ3v) is 5.40. The largest absolute Gasteiger partial charge is 0.340 e. The molecule has 6 nitrogen and oxygen atoms in total. The number of anilines is 1. The Labute approximate surface area is 150 Å². The second kappa shape index (κ2) is 6.71. The van der Waals surface area contributed by atoms with Crippen molar-refractivity contribution >= 4 is 21.6 Å². The molecule has 0 saturated heterocycles. The van der Waals surface area contributed by atoms with Gasteiger partial charge in [0.25, 0.3) is 15.9 Å². The summed E-state index contributed by atoms with van der Waals surface area (Å²) in [6, 6.07) is 4.03. The van der Waals surface area contributed by atoms with E-state index in [1.165, 1.54) is 12.3 Å². The Morgan fingerprint density at radius 3 is 2.54 bits per heavy atom. The normalized spacial score (nSPS) is 14.7. The summed E-state index contributed by atoms with van der Waals surface area (Å²) in [5.41, 5.74) is 0.198. The number of hydrogen-bond acceptors (Lipinski definition) is 3. The van der Waals surface area contributed by atoms with Gasteiger partial charge in [0.2, 0.25) is 0 Å². The van der Waals surface area contributed by atoms with Crippen molar-refractivity contribution < 1.29 is 22.0 Å². The molecule has 1 aliphatic heterocycles. The number of sulfonamides is 1. The number of fused-ring (bicyclic) bond motifs is 1. The molecule has 26 heavy (non-hydrogen) atoms. The highest BCUT2D eigenvalue weighted by atomic mass is 32.2. The van der Waals surface area contributed by atoms with Gasteiger partial charge in [-0.3, -0.25) is 9.52 Å². The first-order valence-corrected chi connectivity index (χ1v) is 9.63. The first kappa shape index (κ1) is 18.4. The van der Waals surface area contributed by atoms with Gasteiger partial charge in [0, 0.05) is 31.9 Å². The molecule has 1 amide bonds. The molecule has 1 aromatic carbocycles. The first-order valence-electron chi connectivity index (χ1n) is 8.14. The molecule has 0 bridgehead atoms. The predicted molar refractivity (Wildman–Crippen MR) is 92.3 cm³/mol. The molecule has 0 unspecified atom stereocenters. The lowest BCUT2D eigenvalue weighted by Gasteiger charge is -2.29. The monoisotopic (exact) mass is 383 g/mol. The van der Waals surface area contributed by atoms with E-state index in [2.05, 4.69) is 4.72 Å². The van der Waals surface area contributed by atoms with Crippen molar-refractivity contribution in [2.45, 2.75) is 25.3 Å². The molecule has 1 N–H and O–H groups in total. The van der Waals surface area contributed by atoms with Gasteiger partial charge < -0.3 is 9.47 Å². The predicted octanol–water partition coefficient (Wildman–Crippen LogP) is 2.68. The average Bonchev–Trinajstić information content (AvgIpc) is 2.99. The highest BCUT2D eigenvalue weighted by Gasteiger charge is 2.28. The van der Waals surface area contributed by atoms with Gasteiger partial charge >= 0.3 is 0 Å². The van der Waals surface area contributed by atoms with Gasteiger partial charge in [-0.1, -0.05) is 13.8 Å². The third-order valence-electron chi connectivity index (χ3n) is 4.06. The minimum atomic E-state index is -4.03. The Hall–Kier alpha value is -2.42. The number of rotatable bonds is 5. The quantitative estimate of drug-likeness (QED) is 0.863. The number of nitrogens with one attached hydrogen (secondary N) is 1. The topological polar surface area (TPSA) is 71.4 Å². The Bertz CT molecular complexity index is 954. The lowest BCUT2D eigenvalue weighted by Crippen LogP contribution is -2.41. The molecule has 0 aliphatic carbocycles. The van der Waals surface area contributed by atoms with E-state index < -0.39 is 21.7 Å². The summed E-state index contributed by atoms with van der Waals surface area (Å²) in [7, 11) is -4.03. The maximum absolute atomic E-state index is 13.3. The minimum absolute atomic E-state index is 0.0965. The first-order chi connectivity index (χ1) is 12.2. The van der Waals surface area contributed by atoms with Crippen LogP contribution in [0.15, 0.2) is 35.4 Å². The lowest BCUT2D eigenvalue weighted by molar-refractivity contribution is 0.0683. The van der Waals surface area contributed by atoms with Crippen molar-refractivity contribution in [3.05, 3.63) is 47.8 Å². The Morgan fingerprint density at radius 1 is 1.15 bits per heavy atom. The molecular weight excluding hydrogens is 364 g/mol. The molecule has 0 spiro atoms. The zero-order chi connectivity index (χ0) is 19.1. The molecule has 140 valence electrons. The second-order valence-electron chi connectivity index (χ2n) is 6.63. The third kappa shape index (κ3) is 3.57. The summed E-state index contributed by atoms with van der Waals surface area (Å²) in [4.78, 5) is 14.1. The van der Waals surface area contributed by atoms with Gasteiger partial charge in [0.15, 0.2) is 11.6 Å². The summed E-state index contributed by atoms with van der Waals surface area (Å²) in [5.74, 6) is -2.14. The molecule has 1 aliphatic rings. The Morgan fingerprint density at radius 2 is 1.88 bits per heavy atom. The van der Waals surface area contributed by atoms with E-state index in [0.717, 1.165) is 18.2 Å². The summed E-state index contributed by atoms with van der Waals surface area (Å²) >= 11 is 0. The molecule has 9 heteroatoms. The number of benzene rings is 1. The van der Waals surface area contributed by atoms with Crippen molar-refractivity contribution in [1.82, 2.24) is 9.47 Å². The van der Waals surface area contributed by atoms with Crippen LogP contribution in [-0.4, -0.2) is 36.9 Å². The minimum Gasteiger partial charge on any atom is -0.340 e. The number of carbonyl (C=O) groups excluding carboxylic acids is 1. The van der Waals surface area contributed by atoms with Crippen LogP contribution in [0.3, 0.4) is 0 Å². The summed E-state index contributed by atoms with van der Waals surface area (Å²) in [6.45, 7) is 5.60. The van der Waals surface area contributed by atoms with Crippen LogP contribution in [0.4, 0.5) is 14.5 Å². The zero-order valence-electron chi connectivity index (χ0n) is 14.4. The van der Waals surface area contributed by atoms with E-state index >= 15 is 0 Å². The number of amides is 1. The van der Waals surface area contributed by atoms with Crippen molar-refractivity contribution in [3.8, 4) is 0 Å². The Balaban J connectivity index is 1.86. The zero-order valence-corrected chi connectivity index (χ0v) is 15.2. The van der Waals surface area contributed by atoms with Crippen LogP contribution >= 0.6 is 0 Å². The van der Waals surface area contributed by atoms with E-state index in [1.807, 2.05) is 13.8 Å². The van der Waals surface area contributed by atoms with E-state index in [4.69, 9.17) is 0 Å². The fraction of sp³-hybridized carbons (Fsp3) is 0.353. The second-order valence-corrected chi connectivity index (χ2v) is 8.32. The fourth-order valence-electron chi connectivity index (χ4n) is 2.88. The number of carbonyl (C=O) groups is 1. The molecule has 0 saturated carbocycles. The number of halogens is 2. The SMILES string of the molecule is CC(C)CN1CCn2cc(S(=O)(=O)Nc3ccc(F)c(F)c3)cc2C1=O. The Kier molecular flexibility index (Phi) is 4.74. The summed E-state index contributed by atoms with van der Waals surface area (Å²) in [5, 5.41) is 0. The standard InChI is InChI=1S/C17H19F2N3O3S/c1-11(2)9-22-6-5-21-10-13(8-16(21)17(22)23)26(24,25)20-12-3-4-14(18)15(19)7-12/h3-4,7-8,10-11,20H,5-6,9H2,1-2H3. The van der Waals surface area contributed by atoms with Crippen molar-refractivity contribution in [2.24, 2.45) is 5.92 Å². The van der Waals surface area contributed by atoms with Gasteiger partial charge in [-0.25, -0.2) is 17.2 Å². The maximum Gasteiger partial charge on any atom is 0.270 e.